The molecule has 0 spiro atoms. The fourth-order valence-electron chi connectivity index (χ4n) is 2.11. The van der Waals surface area contributed by atoms with Crippen molar-refractivity contribution in [2.24, 2.45) is 5.73 Å². The minimum Gasteiger partial charge on any atom is -0.368 e. The average molecular weight is 272 g/mol. The van der Waals surface area contributed by atoms with Gasteiger partial charge in [-0.3, -0.25) is 10.1 Å². The molecule has 0 aliphatic carbocycles. The van der Waals surface area contributed by atoms with Crippen LogP contribution in [0.15, 0.2) is 54.6 Å². The topological polar surface area (TPSA) is 55.1 Å². The van der Waals surface area contributed by atoms with Gasteiger partial charge in [0.05, 0.1) is 0 Å². The smallest absolute Gasteiger partial charge is 0.239 e. The zero-order valence-corrected chi connectivity index (χ0v) is 11.2. The minimum absolute atomic E-state index is 0.191. The Morgan fingerprint density at radius 3 is 2.35 bits per heavy atom. The molecule has 0 radical (unpaired) electrons. The van der Waals surface area contributed by atoms with E-state index in [-0.39, 0.29) is 11.9 Å². The third kappa shape index (κ3) is 3.42. The molecule has 4 heteroatoms. The van der Waals surface area contributed by atoms with Gasteiger partial charge in [-0.2, -0.15) is 0 Å². The SMILES string of the molecule is C[C@H](N[C@H](C(N)=O)c1ccccc1)c1cccc(F)c1. The second kappa shape index (κ2) is 6.30. The fourth-order valence-corrected chi connectivity index (χ4v) is 2.11. The Kier molecular flexibility index (Phi) is 4.48. The summed E-state index contributed by atoms with van der Waals surface area (Å²) >= 11 is 0. The monoisotopic (exact) mass is 272 g/mol. The van der Waals surface area contributed by atoms with E-state index in [1.807, 2.05) is 43.3 Å². The van der Waals surface area contributed by atoms with Crippen LogP contribution < -0.4 is 11.1 Å². The standard InChI is InChI=1S/C16H17FN2O/c1-11(13-8-5-9-14(17)10-13)19-15(16(18)20)12-6-3-2-4-7-12/h2-11,15,19H,1H3,(H2,18,20)/t11-,15-/m0/s1. The Labute approximate surface area is 117 Å². The molecule has 2 atom stereocenters. The summed E-state index contributed by atoms with van der Waals surface area (Å²) in [6, 6.07) is 14.7. The van der Waals surface area contributed by atoms with Gasteiger partial charge in [0.15, 0.2) is 0 Å². The molecule has 104 valence electrons. The van der Waals surface area contributed by atoms with E-state index in [0.29, 0.717) is 0 Å². The minimum atomic E-state index is -0.602. The molecular formula is C16H17FN2O. The molecule has 2 aromatic rings. The molecule has 1 amide bonds. The Balaban J connectivity index is 2.19. The number of hydrogen-bond donors (Lipinski definition) is 2. The van der Waals surface area contributed by atoms with E-state index < -0.39 is 11.9 Å². The lowest BCUT2D eigenvalue weighted by molar-refractivity contribution is -0.120. The molecule has 0 bridgehead atoms. The van der Waals surface area contributed by atoms with Gasteiger partial charge in [0, 0.05) is 6.04 Å². The summed E-state index contributed by atoms with van der Waals surface area (Å²) in [5.74, 6) is -0.758. The first-order valence-electron chi connectivity index (χ1n) is 6.43. The Morgan fingerprint density at radius 2 is 1.75 bits per heavy atom. The van der Waals surface area contributed by atoms with Crippen LogP contribution in [-0.4, -0.2) is 5.91 Å². The van der Waals surface area contributed by atoms with Crippen LogP contribution in [0.5, 0.6) is 0 Å². The molecule has 2 rings (SSSR count). The first kappa shape index (κ1) is 14.2. The fraction of sp³-hybridized carbons (Fsp3) is 0.188. The maximum Gasteiger partial charge on any atom is 0.239 e. The maximum atomic E-state index is 13.2. The van der Waals surface area contributed by atoms with Crippen molar-refractivity contribution >= 4 is 5.91 Å². The molecule has 0 aromatic heterocycles. The molecule has 0 aliphatic heterocycles. The maximum absolute atomic E-state index is 13.2. The molecule has 20 heavy (non-hydrogen) atoms. The van der Waals surface area contributed by atoms with Crippen LogP contribution in [0, 0.1) is 5.82 Å². The molecule has 0 fully saturated rings. The van der Waals surface area contributed by atoms with Crippen LogP contribution in [0.25, 0.3) is 0 Å². The lowest BCUT2D eigenvalue weighted by Gasteiger charge is -2.21. The highest BCUT2D eigenvalue weighted by molar-refractivity contribution is 5.81. The van der Waals surface area contributed by atoms with Gasteiger partial charge in [-0.1, -0.05) is 42.5 Å². The highest BCUT2D eigenvalue weighted by Gasteiger charge is 2.20. The highest BCUT2D eigenvalue weighted by Crippen LogP contribution is 2.20. The van der Waals surface area contributed by atoms with Crippen LogP contribution in [-0.2, 0) is 4.79 Å². The first-order chi connectivity index (χ1) is 9.58. The Bertz CT molecular complexity index is 586. The van der Waals surface area contributed by atoms with Gasteiger partial charge < -0.3 is 5.73 Å². The summed E-state index contributed by atoms with van der Waals surface area (Å²) in [6.45, 7) is 1.87. The lowest BCUT2D eigenvalue weighted by Crippen LogP contribution is -2.35. The van der Waals surface area contributed by atoms with Crippen molar-refractivity contribution in [1.82, 2.24) is 5.32 Å². The van der Waals surface area contributed by atoms with Crippen molar-refractivity contribution in [3.05, 3.63) is 71.5 Å². The number of carbonyl (C=O) groups excluding carboxylic acids is 1. The average Bonchev–Trinajstić information content (AvgIpc) is 2.45. The Hall–Kier alpha value is -2.20. The molecule has 3 N–H and O–H groups in total. The van der Waals surface area contributed by atoms with E-state index >= 15 is 0 Å². The second-order valence-electron chi connectivity index (χ2n) is 4.69. The number of amides is 1. The van der Waals surface area contributed by atoms with Crippen molar-refractivity contribution in [2.75, 3.05) is 0 Å². The number of halogens is 1. The molecule has 2 aromatic carbocycles. The lowest BCUT2D eigenvalue weighted by atomic mass is 10.0. The zero-order valence-electron chi connectivity index (χ0n) is 11.2. The van der Waals surface area contributed by atoms with E-state index in [9.17, 15) is 9.18 Å². The van der Waals surface area contributed by atoms with Crippen molar-refractivity contribution in [2.45, 2.75) is 19.0 Å². The van der Waals surface area contributed by atoms with Gasteiger partial charge in [0.25, 0.3) is 0 Å². The summed E-state index contributed by atoms with van der Waals surface area (Å²) in [4.78, 5) is 11.6. The van der Waals surface area contributed by atoms with Gasteiger partial charge >= 0.3 is 0 Å². The molecule has 0 heterocycles. The van der Waals surface area contributed by atoms with E-state index in [1.54, 1.807) is 6.07 Å². The number of nitrogens with two attached hydrogens (primary N) is 1. The van der Waals surface area contributed by atoms with Crippen LogP contribution >= 0.6 is 0 Å². The van der Waals surface area contributed by atoms with E-state index in [1.165, 1.54) is 12.1 Å². The normalized spacial score (nSPS) is 13.7. The van der Waals surface area contributed by atoms with Gasteiger partial charge in [0.2, 0.25) is 5.91 Å². The Morgan fingerprint density at radius 1 is 1.10 bits per heavy atom. The molecule has 0 aliphatic rings. The molecular weight excluding hydrogens is 255 g/mol. The van der Waals surface area contributed by atoms with Gasteiger partial charge in [0.1, 0.15) is 11.9 Å². The van der Waals surface area contributed by atoms with E-state index in [0.717, 1.165) is 11.1 Å². The number of primary amides is 1. The van der Waals surface area contributed by atoms with Crippen LogP contribution in [0.2, 0.25) is 0 Å². The number of carbonyl (C=O) groups is 1. The van der Waals surface area contributed by atoms with Crippen LogP contribution in [0.3, 0.4) is 0 Å². The predicted octanol–water partition coefficient (Wildman–Crippen LogP) is 2.70. The third-order valence-corrected chi connectivity index (χ3v) is 3.18. The summed E-state index contributed by atoms with van der Waals surface area (Å²) < 4.78 is 13.2. The van der Waals surface area contributed by atoms with Crippen LogP contribution in [0.4, 0.5) is 4.39 Å². The van der Waals surface area contributed by atoms with Crippen molar-refractivity contribution in [3.63, 3.8) is 0 Å². The van der Waals surface area contributed by atoms with Crippen molar-refractivity contribution < 1.29 is 9.18 Å². The molecule has 3 nitrogen and oxygen atoms in total. The first-order valence-corrected chi connectivity index (χ1v) is 6.43. The number of nitrogens with one attached hydrogen (secondary N) is 1. The number of rotatable bonds is 5. The molecule has 0 saturated carbocycles. The van der Waals surface area contributed by atoms with E-state index in [4.69, 9.17) is 5.73 Å². The zero-order chi connectivity index (χ0) is 14.5. The molecule has 0 saturated heterocycles. The summed E-state index contributed by atoms with van der Waals surface area (Å²) in [5, 5.41) is 3.14. The van der Waals surface area contributed by atoms with Gasteiger partial charge in [-0.15, -0.1) is 0 Å². The third-order valence-electron chi connectivity index (χ3n) is 3.18. The largest absolute Gasteiger partial charge is 0.368 e. The van der Waals surface area contributed by atoms with E-state index in [2.05, 4.69) is 5.32 Å². The van der Waals surface area contributed by atoms with Crippen molar-refractivity contribution in [3.8, 4) is 0 Å². The molecule has 0 unspecified atom stereocenters. The quantitative estimate of drug-likeness (QED) is 0.879. The van der Waals surface area contributed by atoms with Crippen molar-refractivity contribution in [1.29, 1.82) is 0 Å². The van der Waals surface area contributed by atoms with Gasteiger partial charge in [-0.05, 0) is 30.2 Å². The van der Waals surface area contributed by atoms with Gasteiger partial charge in [-0.25, -0.2) is 4.39 Å². The number of benzene rings is 2. The highest BCUT2D eigenvalue weighted by atomic mass is 19.1. The summed E-state index contributed by atoms with van der Waals surface area (Å²) in [6.07, 6.45) is 0. The summed E-state index contributed by atoms with van der Waals surface area (Å²) in [7, 11) is 0. The van der Waals surface area contributed by atoms with Crippen LogP contribution in [0.1, 0.15) is 30.1 Å². The second-order valence-corrected chi connectivity index (χ2v) is 4.69. The number of hydrogen-bond acceptors (Lipinski definition) is 2. The predicted molar refractivity (Wildman–Crippen MR) is 76.3 cm³/mol. The summed E-state index contributed by atoms with van der Waals surface area (Å²) in [5.41, 5.74) is 7.01.